The maximum atomic E-state index is 5.97. The summed E-state index contributed by atoms with van der Waals surface area (Å²) in [7, 11) is 0. The molecular formula is C12H13ClN2S. The van der Waals surface area contributed by atoms with Gasteiger partial charge in [-0.25, -0.2) is 4.98 Å². The maximum absolute atomic E-state index is 5.97. The lowest BCUT2D eigenvalue weighted by molar-refractivity contribution is 0.954. The number of benzene rings is 1. The lowest BCUT2D eigenvalue weighted by Gasteiger charge is -1.98. The Hall–Kier alpha value is -0.900. The van der Waals surface area contributed by atoms with Crippen LogP contribution in [0.1, 0.15) is 9.88 Å². The van der Waals surface area contributed by atoms with Gasteiger partial charge >= 0.3 is 0 Å². The van der Waals surface area contributed by atoms with Gasteiger partial charge in [0.1, 0.15) is 0 Å². The standard InChI is InChI=1S/C12H13ClN2S/c1-8-12(15-11(16-8)5-6-14)9-3-2-4-10(13)7-9/h2-4,7H,5-6,14H2,1H3. The van der Waals surface area contributed by atoms with Crippen LogP contribution in [0, 0.1) is 6.92 Å². The number of aryl methyl sites for hydroxylation is 1. The van der Waals surface area contributed by atoms with Crippen molar-refractivity contribution in [3.63, 3.8) is 0 Å². The Morgan fingerprint density at radius 3 is 2.94 bits per heavy atom. The van der Waals surface area contributed by atoms with Crippen LogP contribution in [-0.4, -0.2) is 11.5 Å². The zero-order chi connectivity index (χ0) is 11.5. The summed E-state index contributed by atoms with van der Waals surface area (Å²) in [4.78, 5) is 5.80. The highest BCUT2D eigenvalue weighted by atomic mass is 35.5. The molecule has 2 rings (SSSR count). The van der Waals surface area contributed by atoms with Crippen molar-refractivity contribution in [1.29, 1.82) is 0 Å². The molecule has 1 aromatic carbocycles. The van der Waals surface area contributed by atoms with E-state index < -0.39 is 0 Å². The van der Waals surface area contributed by atoms with Gasteiger partial charge in [0.15, 0.2) is 0 Å². The molecule has 0 aliphatic carbocycles. The monoisotopic (exact) mass is 252 g/mol. The van der Waals surface area contributed by atoms with E-state index in [0.717, 1.165) is 27.7 Å². The van der Waals surface area contributed by atoms with Crippen molar-refractivity contribution in [1.82, 2.24) is 4.98 Å². The number of thiazole rings is 1. The predicted molar refractivity (Wildman–Crippen MR) is 70.1 cm³/mol. The van der Waals surface area contributed by atoms with E-state index in [1.807, 2.05) is 24.3 Å². The molecule has 0 saturated carbocycles. The van der Waals surface area contributed by atoms with Gasteiger partial charge in [-0.15, -0.1) is 11.3 Å². The highest BCUT2D eigenvalue weighted by Gasteiger charge is 2.09. The van der Waals surface area contributed by atoms with Crippen molar-refractivity contribution in [2.45, 2.75) is 13.3 Å². The van der Waals surface area contributed by atoms with Crippen molar-refractivity contribution in [2.24, 2.45) is 5.73 Å². The molecule has 16 heavy (non-hydrogen) atoms. The van der Waals surface area contributed by atoms with Gasteiger partial charge in [0.05, 0.1) is 10.7 Å². The smallest absolute Gasteiger partial charge is 0.0947 e. The summed E-state index contributed by atoms with van der Waals surface area (Å²) in [5.41, 5.74) is 7.63. The Balaban J connectivity index is 2.40. The van der Waals surface area contributed by atoms with Gasteiger partial charge in [0, 0.05) is 21.9 Å². The van der Waals surface area contributed by atoms with Crippen LogP contribution >= 0.6 is 22.9 Å². The van der Waals surface area contributed by atoms with Gasteiger partial charge in [-0.1, -0.05) is 23.7 Å². The maximum Gasteiger partial charge on any atom is 0.0947 e. The number of hydrogen-bond acceptors (Lipinski definition) is 3. The van der Waals surface area contributed by atoms with Crippen LogP contribution in [0.5, 0.6) is 0 Å². The van der Waals surface area contributed by atoms with Crippen LogP contribution in [0.3, 0.4) is 0 Å². The van der Waals surface area contributed by atoms with E-state index in [-0.39, 0.29) is 0 Å². The molecule has 0 radical (unpaired) electrons. The highest BCUT2D eigenvalue weighted by molar-refractivity contribution is 7.12. The fraction of sp³-hybridized carbons (Fsp3) is 0.250. The first-order valence-electron chi connectivity index (χ1n) is 5.13. The third-order valence-corrected chi connectivity index (χ3v) is 3.56. The fourth-order valence-corrected chi connectivity index (χ4v) is 2.75. The van der Waals surface area contributed by atoms with Crippen LogP contribution < -0.4 is 5.73 Å². The first kappa shape index (κ1) is 11.6. The van der Waals surface area contributed by atoms with E-state index in [1.54, 1.807) is 11.3 Å². The molecule has 1 heterocycles. The Kier molecular flexibility index (Phi) is 3.59. The molecule has 2 nitrogen and oxygen atoms in total. The van der Waals surface area contributed by atoms with E-state index >= 15 is 0 Å². The van der Waals surface area contributed by atoms with Crippen molar-refractivity contribution in [3.05, 3.63) is 39.2 Å². The van der Waals surface area contributed by atoms with E-state index in [9.17, 15) is 0 Å². The molecule has 0 amide bonds. The van der Waals surface area contributed by atoms with Crippen LogP contribution in [0.2, 0.25) is 5.02 Å². The first-order valence-corrected chi connectivity index (χ1v) is 6.32. The van der Waals surface area contributed by atoms with Crippen LogP contribution in [0.15, 0.2) is 24.3 Å². The fourth-order valence-electron chi connectivity index (χ4n) is 1.59. The number of hydrogen-bond donors (Lipinski definition) is 1. The minimum atomic E-state index is 0.641. The zero-order valence-electron chi connectivity index (χ0n) is 9.03. The molecule has 84 valence electrons. The summed E-state index contributed by atoms with van der Waals surface area (Å²) < 4.78 is 0. The van der Waals surface area contributed by atoms with E-state index in [1.165, 1.54) is 4.88 Å². The topological polar surface area (TPSA) is 38.9 Å². The number of aromatic nitrogens is 1. The predicted octanol–water partition coefficient (Wildman–Crippen LogP) is 3.27. The van der Waals surface area contributed by atoms with Gasteiger partial charge in [0.2, 0.25) is 0 Å². The zero-order valence-corrected chi connectivity index (χ0v) is 10.6. The Bertz CT molecular complexity index is 494. The molecule has 0 aliphatic heterocycles. The largest absolute Gasteiger partial charge is 0.330 e. The number of rotatable bonds is 3. The molecule has 0 atom stereocenters. The van der Waals surface area contributed by atoms with Crippen molar-refractivity contribution in [3.8, 4) is 11.3 Å². The quantitative estimate of drug-likeness (QED) is 0.911. The van der Waals surface area contributed by atoms with Crippen LogP contribution in [0.4, 0.5) is 0 Å². The molecule has 0 saturated heterocycles. The molecule has 2 aromatic rings. The highest BCUT2D eigenvalue weighted by Crippen LogP contribution is 2.29. The van der Waals surface area contributed by atoms with Crippen LogP contribution in [-0.2, 0) is 6.42 Å². The lowest BCUT2D eigenvalue weighted by Crippen LogP contribution is -2.01. The van der Waals surface area contributed by atoms with Gasteiger partial charge in [-0.05, 0) is 25.6 Å². The molecule has 0 spiro atoms. The normalized spacial score (nSPS) is 10.7. The second-order valence-corrected chi connectivity index (χ2v) is 5.29. The molecule has 1 aromatic heterocycles. The molecule has 0 bridgehead atoms. The van der Waals surface area contributed by atoms with Crippen molar-refractivity contribution in [2.75, 3.05) is 6.54 Å². The molecule has 4 heteroatoms. The molecule has 0 fully saturated rings. The Morgan fingerprint density at radius 2 is 2.25 bits per heavy atom. The van der Waals surface area contributed by atoms with Crippen molar-refractivity contribution < 1.29 is 0 Å². The Labute approximate surface area is 104 Å². The minimum Gasteiger partial charge on any atom is -0.330 e. The number of nitrogens with two attached hydrogens (primary N) is 1. The van der Waals surface area contributed by atoms with E-state index in [2.05, 4.69) is 11.9 Å². The summed E-state index contributed by atoms with van der Waals surface area (Å²) in [5.74, 6) is 0. The third kappa shape index (κ3) is 2.43. The second-order valence-electron chi connectivity index (χ2n) is 3.56. The van der Waals surface area contributed by atoms with Gasteiger partial charge in [-0.3, -0.25) is 0 Å². The van der Waals surface area contributed by atoms with Crippen molar-refractivity contribution >= 4 is 22.9 Å². The SMILES string of the molecule is Cc1sc(CCN)nc1-c1cccc(Cl)c1. The molecule has 0 aliphatic rings. The lowest BCUT2D eigenvalue weighted by atomic mass is 10.1. The second kappa shape index (κ2) is 4.95. The summed E-state index contributed by atoms with van der Waals surface area (Å²) in [5, 5.41) is 1.83. The van der Waals surface area contributed by atoms with Gasteiger partial charge < -0.3 is 5.73 Å². The minimum absolute atomic E-state index is 0.641. The van der Waals surface area contributed by atoms with Crippen LogP contribution in [0.25, 0.3) is 11.3 Å². The summed E-state index contributed by atoms with van der Waals surface area (Å²) in [6.07, 6.45) is 0.839. The number of nitrogens with zero attached hydrogens (tertiary/aromatic N) is 1. The van der Waals surface area contributed by atoms with E-state index in [0.29, 0.717) is 6.54 Å². The third-order valence-electron chi connectivity index (χ3n) is 2.30. The summed E-state index contributed by atoms with van der Waals surface area (Å²) >= 11 is 7.68. The Morgan fingerprint density at radius 1 is 1.44 bits per heavy atom. The van der Waals surface area contributed by atoms with E-state index in [4.69, 9.17) is 17.3 Å². The molecule has 0 unspecified atom stereocenters. The first-order chi connectivity index (χ1) is 7.70. The number of halogens is 1. The average molecular weight is 253 g/mol. The van der Waals surface area contributed by atoms with Gasteiger partial charge in [-0.2, -0.15) is 0 Å². The average Bonchev–Trinajstić information content (AvgIpc) is 2.60. The summed E-state index contributed by atoms with van der Waals surface area (Å²) in [6, 6.07) is 7.78. The molecular weight excluding hydrogens is 240 g/mol. The van der Waals surface area contributed by atoms with Gasteiger partial charge in [0.25, 0.3) is 0 Å². The molecule has 2 N–H and O–H groups in total. The summed E-state index contributed by atoms with van der Waals surface area (Å²) in [6.45, 7) is 2.72.